The molecule has 1 atom stereocenters. The lowest BCUT2D eigenvalue weighted by atomic mass is 9.92. The van der Waals surface area contributed by atoms with E-state index in [-0.39, 0.29) is 18.2 Å². The summed E-state index contributed by atoms with van der Waals surface area (Å²) in [6.45, 7) is 0.335. The second-order valence-electron chi connectivity index (χ2n) is 7.60. The van der Waals surface area contributed by atoms with Crippen LogP contribution in [0.5, 0.6) is 11.5 Å². The molecule has 0 fully saturated rings. The van der Waals surface area contributed by atoms with Gasteiger partial charge in [-0.2, -0.15) is 9.61 Å². The van der Waals surface area contributed by atoms with E-state index in [2.05, 4.69) is 20.6 Å². The molecule has 0 radical (unpaired) electrons. The van der Waals surface area contributed by atoms with Gasteiger partial charge in [0, 0.05) is 39.1 Å². The highest BCUT2D eigenvalue weighted by Crippen LogP contribution is 2.35. The summed E-state index contributed by atoms with van der Waals surface area (Å²) in [6, 6.07) is 6.82. The van der Waals surface area contributed by atoms with Crippen LogP contribution in [-0.2, 0) is 29.0 Å². The van der Waals surface area contributed by atoms with Crippen molar-refractivity contribution in [2.24, 2.45) is 0 Å². The van der Waals surface area contributed by atoms with E-state index in [1.54, 1.807) is 42.9 Å². The third-order valence-electron chi connectivity index (χ3n) is 5.74. The molecule has 1 aromatic carbocycles. The Balaban J connectivity index is 1.50. The van der Waals surface area contributed by atoms with Crippen LogP contribution >= 0.6 is 0 Å². The molecule has 3 aromatic rings. The third-order valence-corrected chi connectivity index (χ3v) is 5.74. The fraction of sp³-hybridized carbons (Fsp3) is 0.409. The van der Waals surface area contributed by atoms with E-state index in [9.17, 15) is 9.59 Å². The SMILES string of the molecule is CNC(=O)[C@@H]1Cc2cc(OC)c(OC)cc2CN1C(=O)CCCc1nnc2cccnn12. The molecule has 10 heteroatoms. The molecule has 0 bridgehead atoms. The molecule has 32 heavy (non-hydrogen) atoms. The van der Waals surface area contributed by atoms with Gasteiger partial charge in [-0.3, -0.25) is 9.59 Å². The number of hydrogen-bond donors (Lipinski definition) is 1. The van der Waals surface area contributed by atoms with Gasteiger partial charge in [0.2, 0.25) is 11.8 Å². The molecule has 168 valence electrons. The zero-order chi connectivity index (χ0) is 22.7. The number of fused-ring (bicyclic) bond motifs is 2. The molecule has 0 spiro atoms. The predicted molar refractivity (Wildman–Crippen MR) is 115 cm³/mol. The third kappa shape index (κ3) is 4.08. The fourth-order valence-electron chi connectivity index (χ4n) is 4.06. The van der Waals surface area contributed by atoms with Crippen molar-refractivity contribution in [2.45, 2.75) is 38.3 Å². The molecular formula is C22H26N6O4. The molecule has 4 rings (SSSR count). The molecule has 0 saturated carbocycles. The number of methoxy groups -OCH3 is 2. The van der Waals surface area contributed by atoms with Crippen LogP contribution in [0.25, 0.3) is 5.65 Å². The summed E-state index contributed by atoms with van der Waals surface area (Å²) in [6.07, 6.45) is 3.51. The van der Waals surface area contributed by atoms with E-state index in [1.165, 1.54) is 0 Å². The van der Waals surface area contributed by atoms with Crippen LogP contribution in [0.15, 0.2) is 30.5 Å². The summed E-state index contributed by atoms with van der Waals surface area (Å²) in [5.74, 6) is 1.64. The highest BCUT2D eigenvalue weighted by atomic mass is 16.5. The van der Waals surface area contributed by atoms with Crippen LogP contribution in [0.3, 0.4) is 0 Å². The minimum Gasteiger partial charge on any atom is -0.493 e. The number of hydrogen-bond acceptors (Lipinski definition) is 7. The summed E-state index contributed by atoms with van der Waals surface area (Å²) < 4.78 is 12.5. The van der Waals surface area contributed by atoms with Crippen molar-refractivity contribution in [1.29, 1.82) is 0 Å². The number of benzene rings is 1. The summed E-state index contributed by atoms with van der Waals surface area (Å²) >= 11 is 0. The van der Waals surface area contributed by atoms with Crippen molar-refractivity contribution in [3.8, 4) is 11.5 Å². The normalized spacial score (nSPS) is 15.3. The van der Waals surface area contributed by atoms with Gasteiger partial charge in [-0.05, 0) is 41.8 Å². The zero-order valence-corrected chi connectivity index (χ0v) is 18.4. The number of aryl methyl sites for hydroxylation is 1. The minimum atomic E-state index is -0.575. The van der Waals surface area contributed by atoms with Gasteiger partial charge in [0.05, 0.1) is 14.2 Å². The van der Waals surface area contributed by atoms with E-state index in [4.69, 9.17) is 9.47 Å². The van der Waals surface area contributed by atoms with Crippen LogP contribution in [0.1, 0.15) is 29.8 Å². The first-order valence-corrected chi connectivity index (χ1v) is 10.5. The molecule has 3 heterocycles. The number of carbonyl (C=O) groups excluding carboxylic acids is 2. The topological polar surface area (TPSA) is 111 Å². The lowest BCUT2D eigenvalue weighted by molar-refractivity contribution is -0.141. The Labute approximate surface area is 185 Å². The van der Waals surface area contributed by atoms with Crippen molar-refractivity contribution in [3.63, 3.8) is 0 Å². The maximum atomic E-state index is 13.1. The van der Waals surface area contributed by atoms with Crippen LogP contribution in [-0.4, -0.2) is 63.8 Å². The van der Waals surface area contributed by atoms with Crippen LogP contribution < -0.4 is 14.8 Å². The Morgan fingerprint density at radius 1 is 1.16 bits per heavy atom. The first-order valence-electron chi connectivity index (χ1n) is 10.5. The number of rotatable bonds is 7. The summed E-state index contributed by atoms with van der Waals surface area (Å²) in [5, 5.41) is 15.2. The number of nitrogens with zero attached hydrogens (tertiary/aromatic N) is 5. The van der Waals surface area contributed by atoms with Crippen molar-refractivity contribution in [2.75, 3.05) is 21.3 Å². The lowest BCUT2D eigenvalue weighted by Crippen LogP contribution is -2.51. The highest BCUT2D eigenvalue weighted by molar-refractivity contribution is 5.88. The Morgan fingerprint density at radius 2 is 1.91 bits per heavy atom. The Morgan fingerprint density at radius 3 is 2.62 bits per heavy atom. The summed E-state index contributed by atoms with van der Waals surface area (Å²) in [5.41, 5.74) is 2.59. The van der Waals surface area contributed by atoms with Gasteiger partial charge >= 0.3 is 0 Å². The van der Waals surface area contributed by atoms with Gasteiger partial charge in [0.25, 0.3) is 0 Å². The Bertz CT molecular complexity index is 1140. The second kappa shape index (κ2) is 9.21. The molecule has 10 nitrogen and oxygen atoms in total. The Hall–Kier alpha value is -3.69. The summed E-state index contributed by atoms with van der Waals surface area (Å²) in [4.78, 5) is 27.4. The van der Waals surface area contributed by atoms with Gasteiger partial charge in [0.1, 0.15) is 6.04 Å². The van der Waals surface area contributed by atoms with Crippen molar-refractivity contribution < 1.29 is 19.1 Å². The largest absolute Gasteiger partial charge is 0.493 e. The standard InChI is InChI=1S/C22H26N6O4/c1-23-22(30)16-10-14-11-17(31-2)18(32-3)12-15(14)13-27(16)21(29)8-4-6-19-25-26-20-7-5-9-24-28(19)20/h5,7,9,11-12,16H,4,6,8,10,13H2,1-3H3,(H,23,30)/t16-/m0/s1. The quantitative estimate of drug-likeness (QED) is 0.589. The first kappa shape index (κ1) is 21.5. The van der Waals surface area contributed by atoms with Gasteiger partial charge in [-0.25, -0.2) is 0 Å². The molecule has 1 N–H and O–H groups in total. The van der Waals surface area contributed by atoms with E-state index in [1.807, 2.05) is 18.2 Å². The first-order chi connectivity index (χ1) is 15.5. The van der Waals surface area contributed by atoms with Crippen LogP contribution in [0.4, 0.5) is 0 Å². The van der Waals surface area contributed by atoms with Gasteiger partial charge in [-0.15, -0.1) is 10.2 Å². The molecule has 0 unspecified atom stereocenters. The zero-order valence-electron chi connectivity index (χ0n) is 18.4. The molecule has 0 saturated heterocycles. The molecule has 1 aliphatic rings. The number of carbonyl (C=O) groups is 2. The number of nitrogens with one attached hydrogen (secondary N) is 1. The van der Waals surface area contributed by atoms with Crippen molar-refractivity contribution >= 4 is 17.5 Å². The van der Waals surface area contributed by atoms with Crippen LogP contribution in [0, 0.1) is 0 Å². The molecule has 2 amide bonds. The second-order valence-corrected chi connectivity index (χ2v) is 7.60. The molecule has 1 aliphatic heterocycles. The van der Waals surface area contributed by atoms with E-state index < -0.39 is 6.04 Å². The molecular weight excluding hydrogens is 412 g/mol. The number of ether oxygens (including phenoxy) is 2. The van der Waals surface area contributed by atoms with E-state index >= 15 is 0 Å². The minimum absolute atomic E-state index is 0.0826. The van der Waals surface area contributed by atoms with Gasteiger partial charge in [-0.1, -0.05) is 0 Å². The van der Waals surface area contributed by atoms with Crippen molar-refractivity contribution in [3.05, 3.63) is 47.4 Å². The monoisotopic (exact) mass is 438 g/mol. The summed E-state index contributed by atoms with van der Waals surface area (Å²) in [7, 11) is 4.73. The average molecular weight is 438 g/mol. The predicted octanol–water partition coefficient (Wildman–Crippen LogP) is 1.16. The number of amides is 2. The van der Waals surface area contributed by atoms with Crippen molar-refractivity contribution in [1.82, 2.24) is 30.0 Å². The number of likely N-dealkylation sites (N-methyl/N-ethyl adjacent to an activating group) is 1. The molecule has 2 aromatic heterocycles. The van der Waals surface area contributed by atoms with Gasteiger partial charge < -0.3 is 19.7 Å². The Kier molecular flexibility index (Phi) is 6.20. The molecule has 0 aliphatic carbocycles. The van der Waals surface area contributed by atoms with E-state index in [0.29, 0.717) is 48.8 Å². The number of aromatic nitrogens is 4. The lowest BCUT2D eigenvalue weighted by Gasteiger charge is -2.36. The highest BCUT2D eigenvalue weighted by Gasteiger charge is 2.34. The maximum Gasteiger partial charge on any atom is 0.242 e. The maximum absolute atomic E-state index is 13.1. The smallest absolute Gasteiger partial charge is 0.242 e. The fourth-order valence-corrected chi connectivity index (χ4v) is 4.06. The van der Waals surface area contributed by atoms with Gasteiger partial charge in [0.15, 0.2) is 23.0 Å². The van der Waals surface area contributed by atoms with Crippen LogP contribution in [0.2, 0.25) is 0 Å². The average Bonchev–Trinajstić information content (AvgIpc) is 3.24. The van der Waals surface area contributed by atoms with E-state index in [0.717, 1.165) is 11.1 Å².